The number of para-hydroxylation sites is 2. The molecule has 5 heteroatoms. The third-order valence-corrected chi connectivity index (χ3v) is 7.22. The van der Waals surface area contributed by atoms with Crippen molar-refractivity contribution in [2.24, 2.45) is 0 Å². The summed E-state index contributed by atoms with van der Waals surface area (Å²) in [4.78, 5) is 4.70. The average molecular weight is 476 g/mol. The summed E-state index contributed by atoms with van der Waals surface area (Å²) in [5, 5.41) is 9.34. The largest absolute Gasteiger partial charge is 0.309 e. The summed E-state index contributed by atoms with van der Waals surface area (Å²) in [5.74, 6) is 0.911. The molecule has 0 saturated heterocycles. The first kappa shape index (κ1) is 20.1. The summed E-state index contributed by atoms with van der Waals surface area (Å²) in [5.41, 5.74) is 6.74. The molecule has 0 aliphatic rings. The van der Waals surface area contributed by atoms with Crippen molar-refractivity contribution in [2.75, 3.05) is 0 Å². The van der Waals surface area contributed by atoms with Crippen LogP contribution in [0.3, 0.4) is 0 Å². The zero-order valence-corrected chi connectivity index (χ0v) is 19.9. The van der Waals surface area contributed by atoms with Crippen LogP contribution in [0, 0.1) is 0 Å². The second-order valence-corrected chi connectivity index (χ2v) is 9.25. The first-order valence-electron chi connectivity index (χ1n) is 12.3. The van der Waals surface area contributed by atoms with Crippen molar-refractivity contribution in [2.45, 2.75) is 0 Å². The van der Waals surface area contributed by atoms with E-state index < -0.39 is 0 Å². The van der Waals surface area contributed by atoms with E-state index in [0.29, 0.717) is 0 Å². The van der Waals surface area contributed by atoms with Crippen molar-refractivity contribution in [3.8, 4) is 17.2 Å². The third-order valence-electron chi connectivity index (χ3n) is 7.22. The van der Waals surface area contributed by atoms with Gasteiger partial charge in [-0.25, -0.2) is 9.67 Å². The fourth-order valence-corrected chi connectivity index (χ4v) is 5.63. The Kier molecular flexibility index (Phi) is 4.16. The molecule has 174 valence electrons. The highest BCUT2D eigenvalue weighted by molar-refractivity contribution is 6.12. The van der Waals surface area contributed by atoms with E-state index >= 15 is 0 Å². The minimum absolute atomic E-state index is 0.911. The second kappa shape index (κ2) is 7.67. The molecule has 0 N–H and O–H groups in total. The number of nitrogens with zero attached hydrogens (tertiary/aromatic N) is 5. The fourth-order valence-electron chi connectivity index (χ4n) is 5.63. The van der Waals surface area contributed by atoms with Crippen molar-refractivity contribution in [1.29, 1.82) is 0 Å². The maximum Gasteiger partial charge on any atom is 0.137 e. The second-order valence-electron chi connectivity index (χ2n) is 9.25. The summed E-state index contributed by atoms with van der Waals surface area (Å²) < 4.78 is 6.53. The van der Waals surface area contributed by atoms with Gasteiger partial charge in [0.15, 0.2) is 0 Å². The number of aromatic nitrogens is 5. The van der Waals surface area contributed by atoms with Crippen molar-refractivity contribution in [1.82, 2.24) is 23.9 Å². The van der Waals surface area contributed by atoms with E-state index in [1.165, 1.54) is 27.1 Å². The van der Waals surface area contributed by atoms with Crippen LogP contribution < -0.4 is 0 Å². The molecule has 4 aromatic carbocycles. The number of benzene rings is 4. The van der Waals surface area contributed by atoms with Gasteiger partial charge in [-0.3, -0.25) is 4.57 Å². The van der Waals surface area contributed by atoms with Gasteiger partial charge in [0.2, 0.25) is 0 Å². The zero-order valence-electron chi connectivity index (χ0n) is 19.9. The van der Waals surface area contributed by atoms with E-state index in [9.17, 15) is 0 Å². The number of pyridine rings is 1. The molecule has 5 nitrogen and oxygen atoms in total. The van der Waals surface area contributed by atoms with Crippen molar-refractivity contribution >= 4 is 43.6 Å². The van der Waals surface area contributed by atoms with Crippen molar-refractivity contribution in [3.05, 3.63) is 128 Å². The molecule has 0 saturated carbocycles. The monoisotopic (exact) mass is 475 g/mol. The maximum absolute atomic E-state index is 4.70. The molecular weight excluding hydrogens is 454 g/mol. The summed E-state index contributed by atoms with van der Waals surface area (Å²) >= 11 is 0. The van der Waals surface area contributed by atoms with E-state index in [1.807, 2.05) is 41.5 Å². The van der Waals surface area contributed by atoms with E-state index in [-0.39, 0.29) is 0 Å². The van der Waals surface area contributed by atoms with E-state index in [1.54, 1.807) is 0 Å². The van der Waals surface area contributed by atoms with Gasteiger partial charge in [0.25, 0.3) is 0 Å². The first-order chi connectivity index (χ1) is 18.4. The van der Waals surface area contributed by atoms with Crippen LogP contribution in [-0.2, 0) is 0 Å². The normalized spacial score (nSPS) is 11.8. The van der Waals surface area contributed by atoms with Gasteiger partial charge in [0.05, 0.1) is 27.8 Å². The van der Waals surface area contributed by atoms with E-state index in [2.05, 4.69) is 105 Å². The predicted molar refractivity (Wildman–Crippen MR) is 150 cm³/mol. The lowest BCUT2D eigenvalue weighted by Gasteiger charge is -2.11. The summed E-state index contributed by atoms with van der Waals surface area (Å²) in [6, 6.07) is 38.5. The van der Waals surface area contributed by atoms with Crippen LogP contribution in [0.1, 0.15) is 0 Å². The Morgan fingerprint density at radius 2 is 1.08 bits per heavy atom. The van der Waals surface area contributed by atoms with Crippen LogP contribution in [0.4, 0.5) is 0 Å². The molecule has 4 heterocycles. The van der Waals surface area contributed by atoms with Gasteiger partial charge in [-0.2, -0.15) is 5.10 Å². The lowest BCUT2D eigenvalue weighted by molar-refractivity contribution is 0.881. The van der Waals surface area contributed by atoms with Gasteiger partial charge in [-0.05, 0) is 54.6 Å². The Balaban J connectivity index is 1.47. The molecule has 0 unspecified atom stereocenters. The van der Waals surface area contributed by atoms with Crippen LogP contribution in [-0.4, -0.2) is 23.9 Å². The Bertz CT molecular complexity index is 2080. The molecule has 8 rings (SSSR count). The standard InChI is InChI=1S/C32H21N5/c1-3-10-28-24(8-1)26-15-13-22(35-19-7-18-34-35)20-30(26)36(28)23-14-16-27-25-9-2-4-11-29(25)37(31(27)21-23)32-12-5-6-17-33-32/h1-21H. The minimum Gasteiger partial charge on any atom is -0.309 e. The number of hydrogen-bond donors (Lipinski definition) is 0. The highest BCUT2D eigenvalue weighted by Crippen LogP contribution is 2.36. The molecule has 0 aliphatic heterocycles. The maximum atomic E-state index is 4.70. The Morgan fingerprint density at radius 3 is 1.78 bits per heavy atom. The summed E-state index contributed by atoms with van der Waals surface area (Å²) in [6.45, 7) is 0. The molecule has 4 aromatic heterocycles. The van der Waals surface area contributed by atoms with E-state index in [0.717, 1.165) is 33.7 Å². The van der Waals surface area contributed by atoms with Crippen molar-refractivity contribution in [3.63, 3.8) is 0 Å². The van der Waals surface area contributed by atoms with Crippen LogP contribution in [0.2, 0.25) is 0 Å². The lowest BCUT2D eigenvalue weighted by atomic mass is 10.1. The Labute approximate surface area is 212 Å². The summed E-state index contributed by atoms with van der Waals surface area (Å²) in [7, 11) is 0. The average Bonchev–Trinajstić information content (AvgIpc) is 3.68. The van der Waals surface area contributed by atoms with Gasteiger partial charge in [0, 0.05) is 45.8 Å². The van der Waals surface area contributed by atoms with Crippen LogP contribution in [0.5, 0.6) is 0 Å². The quantitative estimate of drug-likeness (QED) is 0.266. The molecule has 0 aliphatic carbocycles. The van der Waals surface area contributed by atoms with Gasteiger partial charge in [0.1, 0.15) is 5.82 Å². The molecule has 0 fully saturated rings. The van der Waals surface area contributed by atoms with Gasteiger partial charge < -0.3 is 4.57 Å². The molecule has 0 spiro atoms. The molecular formula is C32H21N5. The van der Waals surface area contributed by atoms with E-state index in [4.69, 9.17) is 4.98 Å². The molecule has 8 aromatic rings. The molecule has 0 atom stereocenters. The summed E-state index contributed by atoms with van der Waals surface area (Å²) in [6.07, 6.45) is 5.64. The third kappa shape index (κ3) is 2.91. The zero-order chi connectivity index (χ0) is 24.3. The lowest BCUT2D eigenvalue weighted by Crippen LogP contribution is -1.99. The SMILES string of the molecule is c1ccc(-n2c3ccccc3c3ccc(-n4c5ccccc5c5ccc(-n6cccn6)cc54)cc32)nc1. The highest BCUT2D eigenvalue weighted by atomic mass is 15.3. The number of fused-ring (bicyclic) bond motifs is 6. The van der Waals surface area contributed by atoms with Gasteiger partial charge in [-0.1, -0.05) is 54.6 Å². The smallest absolute Gasteiger partial charge is 0.137 e. The number of rotatable bonds is 3. The first-order valence-corrected chi connectivity index (χ1v) is 12.3. The Hall–Kier alpha value is -5.16. The van der Waals surface area contributed by atoms with Crippen LogP contribution in [0.25, 0.3) is 60.8 Å². The topological polar surface area (TPSA) is 40.6 Å². The fraction of sp³-hybridized carbons (Fsp3) is 0. The predicted octanol–water partition coefficient (Wildman–Crippen LogP) is 7.46. The van der Waals surface area contributed by atoms with Gasteiger partial charge >= 0.3 is 0 Å². The molecule has 0 radical (unpaired) electrons. The molecule has 0 amide bonds. The van der Waals surface area contributed by atoms with Crippen LogP contribution >= 0.6 is 0 Å². The highest BCUT2D eigenvalue weighted by Gasteiger charge is 2.17. The number of hydrogen-bond acceptors (Lipinski definition) is 2. The Morgan fingerprint density at radius 1 is 0.459 bits per heavy atom. The minimum atomic E-state index is 0.911. The van der Waals surface area contributed by atoms with Crippen molar-refractivity contribution < 1.29 is 0 Å². The molecule has 0 bridgehead atoms. The van der Waals surface area contributed by atoms with Gasteiger partial charge in [-0.15, -0.1) is 0 Å². The van der Waals surface area contributed by atoms with Crippen LogP contribution in [0.15, 0.2) is 128 Å². The molecule has 37 heavy (non-hydrogen) atoms.